The van der Waals surface area contributed by atoms with E-state index >= 15 is 0 Å². The second-order valence-corrected chi connectivity index (χ2v) is 5.07. The molecule has 0 saturated heterocycles. The van der Waals surface area contributed by atoms with Crippen LogP contribution in [0.5, 0.6) is 5.75 Å². The summed E-state index contributed by atoms with van der Waals surface area (Å²) in [5.41, 5.74) is 2.01. The number of benzene rings is 2. The third-order valence-electron chi connectivity index (χ3n) is 3.22. The Hall–Kier alpha value is -2.00. The lowest BCUT2D eigenvalue weighted by molar-refractivity contribution is -0.121. The van der Waals surface area contributed by atoms with Crippen molar-refractivity contribution >= 4 is 17.5 Å². The zero-order valence-corrected chi connectivity index (χ0v) is 12.7. The summed E-state index contributed by atoms with van der Waals surface area (Å²) in [5.74, 6) is 0.650. The molecule has 4 heteroatoms. The van der Waals surface area contributed by atoms with Crippen LogP contribution >= 0.6 is 11.6 Å². The van der Waals surface area contributed by atoms with Crippen molar-refractivity contribution in [3.63, 3.8) is 0 Å². The van der Waals surface area contributed by atoms with Gasteiger partial charge in [0.05, 0.1) is 12.1 Å². The highest BCUT2D eigenvalue weighted by Crippen LogP contribution is 2.28. The van der Waals surface area contributed by atoms with Gasteiger partial charge in [0.2, 0.25) is 5.91 Å². The number of carbonyl (C=O) groups excluding carboxylic acids is 1. The largest absolute Gasteiger partial charge is 0.495 e. The molecule has 0 aromatic heterocycles. The molecule has 0 aliphatic carbocycles. The van der Waals surface area contributed by atoms with E-state index in [1.165, 1.54) is 0 Å². The van der Waals surface area contributed by atoms with Gasteiger partial charge in [0.15, 0.2) is 0 Å². The molecule has 2 aromatic carbocycles. The summed E-state index contributed by atoms with van der Waals surface area (Å²) in [5, 5.41) is 3.48. The monoisotopic (exact) mass is 303 g/mol. The first-order valence-corrected chi connectivity index (χ1v) is 7.20. The number of methoxy groups -OCH3 is 1. The molecule has 1 amide bonds. The van der Waals surface area contributed by atoms with Gasteiger partial charge in [0.25, 0.3) is 0 Å². The number of amides is 1. The van der Waals surface area contributed by atoms with Gasteiger partial charge in [-0.2, -0.15) is 0 Å². The van der Waals surface area contributed by atoms with Crippen LogP contribution in [0.15, 0.2) is 48.5 Å². The molecule has 2 rings (SSSR count). The molecule has 0 unspecified atom stereocenters. The predicted molar refractivity (Wildman–Crippen MR) is 84.6 cm³/mol. The van der Waals surface area contributed by atoms with E-state index in [-0.39, 0.29) is 5.91 Å². The number of carbonyl (C=O) groups is 1. The highest BCUT2D eigenvalue weighted by Gasteiger charge is 2.08. The molecule has 2 aromatic rings. The Bertz CT molecular complexity index is 599. The lowest BCUT2D eigenvalue weighted by atomic mass is 10.1. The lowest BCUT2D eigenvalue weighted by Crippen LogP contribution is -2.22. The van der Waals surface area contributed by atoms with E-state index in [1.807, 2.05) is 42.5 Å². The molecule has 0 spiro atoms. The van der Waals surface area contributed by atoms with Gasteiger partial charge in [0, 0.05) is 13.0 Å². The van der Waals surface area contributed by atoms with Crippen LogP contribution in [0, 0.1) is 0 Å². The molecule has 0 radical (unpaired) electrons. The number of hydrogen-bond acceptors (Lipinski definition) is 2. The average molecular weight is 304 g/mol. The first kappa shape index (κ1) is 15.4. The van der Waals surface area contributed by atoms with Crippen molar-refractivity contribution < 1.29 is 9.53 Å². The molecule has 3 nitrogen and oxygen atoms in total. The predicted octanol–water partition coefficient (Wildman–Crippen LogP) is 3.60. The quantitative estimate of drug-likeness (QED) is 0.885. The molecule has 110 valence electrons. The van der Waals surface area contributed by atoms with Crippen LogP contribution in [-0.4, -0.2) is 13.0 Å². The number of ether oxygens (including phenoxy) is 1. The van der Waals surface area contributed by atoms with Crippen LogP contribution in [0.25, 0.3) is 0 Å². The Morgan fingerprint density at radius 2 is 1.90 bits per heavy atom. The van der Waals surface area contributed by atoms with Crippen molar-refractivity contribution in [1.29, 1.82) is 0 Å². The molecule has 21 heavy (non-hydrogen) atoms. The number of aryl methyl sites for hydroxylation is 1. The Morgan fingerprint density at radius 1 is 1.14 bits per heavy atom. The molecule has 0 heterocycles. The second-order valence-electron chi connectivity index (χ2n) is 4.70. The van der Waals surface area contributed by atoms with Gasteiger partial charge in [-0.25, -0.2) is 0 Å². The van der Waals surface area contributed by atoms with E-state index in [2.05, 4.69) is 5.32 Å². The van der Waals surface area contributed by atoms with Crippen LogP contribution in [0.4, 0.5) is 0 Å². The van der Waals surface area contributed by atoms with Gasteiger partial charge >= 0.3 is 0 Å². The summed E-state index contributed by atoms with van der Waals surface area (Å²) in [7, 11) is 1.58. The second kappa shape index (κ2) is 7.70. The van der Waals surface area contributed by atoms with Crippen molar-refractivity contribution in [2.45, 2.75) is 19.4 Å². The summed E-state index contributed by atoms with van der Waals surface area (Å²) in [6.45, 7) is 0.547. The van der Waals surface area contributed by atoms with Crippen molar-refractivity contribution in [2.24, 2.45) is 0 Å². The Morgan fingerprint density at radius 3 is 2.62 bits per heavy atom. The van der Waals surface area contributed by atoms with Gasteiger partial charge < -0.3 is 10.1 Å². The van der Waals surface area contributed by atoms with Gasteiger partial charge in [-0.05, 0) is 23.6 Å². The molecule has 0 bridgehead atoms. The molecule has 1 N–H and O–H groups in total. The van der Waals surface area contributed by atoms with E-state index in [4.69, 9.17) is 16.3 Å². The fourth-order valence-electron chi connectivity index (χ4n) is 2.04. The van der Waals surface area contributed by atoms with E-state index in [0.29, 0.717) is 30.2 Å². The number of hydrogen-bond donors (Lipinski definition) is 1. The van der Waals surface area contributed by atoms with Gasteiger partial charge in [-0.15, -0.1) is 0 Å². The number of nitrogens with one attached hydrogen (secondary N) is 1. The van der Waals surface area contributed by atoms with E-state index in [1.54, 1.807) is 13.2 Å². The van der Waals surface area contributed by atoms with Crippen molar-refractivity contribution in [3.05, 3.63) is 64.7 Å². The number of halogens is 1. The van der Waals surface area contributed by atoms with Crippen LogP contribution in [-0.2, 0) is 17.8 Å². The lowest BCUT2D eigenvalue weighted by Gasteiger charge is -2.09. The van der Waals surface area contributed by atoms with E-state index in [0.717, 1.165) is 11.1 Å². The third kappa shape index (κ3) is 4.50. The van der Waals surface area contributed by atoms with Crippen LogP contribution in [0.1, 0.15) is 17.5 Å². The summed E-state index contributed by atoms with van der Waals surface area (Å²) >= 11 is 6.21. The van der Waals surface area contributed by atoms with E-state index in [9.17, 15) is 4.79 Å². The van der Waals surface area contributed by atoms with Gasteiger partial charge in [-0.1, -0.05) is 54.1 Å². The Kier molecular flexibility index (Phi) is 5.64. The molecule has 0 atom stereocenters. The maximum Gasteiger partial charge on any atom is 0.220 e. The third-order valence-corrected chi connectivity index (χ3v) is 3.65. The number of rotatable bonds is 6. The minimum absolute atomic E-state index is 0.0118. The first-order valence-electron chi connectivity index (χ1n) is 6.82. The van der Waals surface area contributed by atoms with Crippen LogP contribution in [0.2, 0.25) is 5.02 Å². The van der Waals surface area contributed by atoms with Crippen LogP contribution in [0.3, 0.4) is 0 Å². The van der Waals surface area contributed by atoms with Gasteiger partial charge in [0.1, 0.15) is 5.75 Å². The molecular weight excluding hydrogens is 286 g/mol. The standard InChI is InChI=1S/C17H18ClNO2/c1-21-15-9-5-8-14(17(15)18)10-11-16(20)19-12-13-6-3-2-4-7-13/h2-9H,10-12H2,1H3,(H,19,20). The highest BCUT2D eigenvalue weighted by molar-refractivity contribution is 6.32. The summed E-state index contributed by atoms with van der Waals surface area (Å²) in [6.07, 6.45) is 0.996. The SMILES string of the molecule is COc1cccc(CCC(=O)NCc2ccccc2)c1Cl. The summed E-state index contributed by atoms with van der Waals surface area (Å²) < 4.78 is 5.17. The van der Waals surface area contributed by atoms with Crippen molar-refractivity contribution in [1.82, 2.24) is 5.32 Å². The Labute approximate surface area is 129 Å². The normalized spacial score (nSPS) is 10.2. The van der Waals surface area contributed by atoms with E-state index < -0.39 is 0 Å². The smallest absolute Gasteiger partial charge is 0.220 e. The first-order chi connectivity index (χ1) is 10.2. The zero-order chi connectivity index (χ0) is 15.1. The molecule has 0 aliphatic rings. The fraction of sp³-hybridized carbons (Fsp3) is 0.235. The molecule has 0 saturated carbocycles. The topological polar surface area (TPSA) is 38.3 Å². The molecule has 0 aliphatic heterocycles. The van der Waals surface area contributed by atoms with Gasteiger partial charge in [-0.3, -0.25) is 4.79 Å². The van der Waals surface area contributed by atoms with Crippen molar-refractivity contribution in [3.8, 4) is 5.75 Å². The summed E-state index contributed by atoms with van der Waals surface area (Å²) in [4.78, 5) is 11.9. The minimum Gasteiger partial charge on any atom is -0.495 e. The highest BCUT2D eigenvalue weighted by atomic mass is 35.5. The zero-order valence-electron chi connectivity index (χ0n) is 11.9. The molecular formula is C17H18ClNO2. The van der Waals surface area contributed by atoms with Crippen LogP contribution < -0.4 is 10.1 Å². The van der Waals surface area contributed by atoms with Crippen molar-refractivity contribution in [2.75, 3.05) is 7.11 Å². The maximum atomic E-state index is 11.9. The fourth-order valence-corrected chi connectivity index (χ4v) is 2.34. The Balaban J connectivity index is 1.84. The molecule has 0 fully saturated rings. The maximum absolute atomic E-state index is 11.9. The average Bonchev–Trinajstić information content (AvgIpc) is 2.53. The summed E-state index contributed by atoms with van der Waals surface area (Å²) in [6, 6.07) is 15.4. The minimum atomic E-state index is 0.0118.